The number of carboxylic acid groups (broad SMARTS) is 1. The second kappa shape index (κ2) is 4.78. The van der Waals surface area contributed by atoms with E-state index in [-0.39, 0.29) is 11.6 Å². The molecule has 0 radical (unpaired) electrons. The Labute approximate surface area is 90.1 Å². The molecule has 3 N–H and O–H groups in total. The molecule has 1 aliphatic heterocycles. The summed E-state index contributed by atoms with van der Waals surface area (Å²) in [5, 5.41) is 13.0. The van der Waals surface area contributed by atoms with Crippen LogP contribution in [0.3, 0.4) is 0 Å². The maximum Gasteiger partial charge on any atom is 0.336 e. The summed E-state index contributed by atoms with van der Waals surface area (Å²) in [5.41, 5.74) is 0. The molecule has 1 amide bonds. The number of carbonyl (C=O) groups excluding carboxylic acids is 2. The number of carboxylic acids is 1. The van der Waals surface area contributed by atoms with Gasteiger partial charge in [0, 0.05) is 12.2 Å². The van der Waals surface area contributed by atoms with Gasteiger partial charge < -0.3 is 20.5 Å². The first-order valence-electron chi connectivity index (χ1n) is 4.09. The van der Waals surface area contributed by atoms with Crippen molar-refractivity contribution >= 4 is 17.8 Å². The smallest absolute Gasteiger partial charge is 0.336 e. The third-order valence-electron chi connectivity index (χ3n) is 1.44. The van der Waals surface area contributed by atoms with Gasteiger partial charge in [0.25, 0.3) is 5.91 Å². The first-order chi connectivity index (χ1) is 7.49. The quantitative estimate of drug-likeness (QED) is 0.428. The van der Waals surface area contributed by atoms with E-state index in [9.17, 15) is 14.4 Å². The normalized spacial score (nSPS) is 15.1. The van der Waals surface area contributed by atoms with Crippen LogP contribution in [0.2, 0.25) is 0 Å². The van der Waals surface area contributed by atoms with Crippen molar-refractivity contribution in [3.8, 4) is 0 Å². The molecule has 0 aromatic carbocycles. The van der Waals surface area contributed by atoms with E-state index >= 15 is 0 Å². The van der Waals surface area contributed by atoms with Crippen molar-refractivity contribution in [2.45, 2.75) is 0 Å². The lowest BCUT2D eigenvalue weighted by Gasteiger charge is -2.15. The molecule has 0 saturated carbocycles. The van der Waals surface area contributed by atoms with Crippen molar-refractivity contribution in [2.75, 3.05) is 0 Å². The third kappa shape index (κ3) is 3.29. The second-order valence-corrected chi connectivity index (χ2v) is 2.68. The molecule has 0 fully saturated rings. The highest BCUT2D eigenvalue weighted by molar-refractivity contribution is 5.98. The number of aliphatic carboxylic acids is 1. The Bertz CT molecular complexity index is 422. The number of carbonyl (C=O) groups is 3. The standard InChI is InChI=1S/C9H8N2O5/c1-5-10-4-6(9(15)11-5)16-8(14)3-2-7(12)13/h2-4,10H,1H2,(H,11,15)(H,12,13)/b3-2+. The predicted octanol–water partition coefficient (Wildman–Crippen LogP) is -0.798. The van der Waals surface area contributed by atoms with E-state index in [1.54, 1.807) is 0 Å². The summed E-state index contributed by atoms with van der Waals surface area (Å²) in [4.78, 5) is 32.3. The van der Waals surface area contributed by atoms with Gasteiger partial charge in [0.15, 0.2) is 0 Å². The van der Waals surface area contributed by atoms with E-state index in [2.05, 4.69) is 21.9 Å². The van der Waals surface area contributed by atoms with Gasteiger partial charge in [-0.05, 0) is 0 Å². The van der Waals surface area contributed by atoms with Crippen molar-refractivity contribution in [3.63, 3.8) is 0 Å². The average Bonchev–Trinajstić information content (AvgIpc) is 2.19. The number of hydrogen-bond donors (Lipinski definition) is 3. The number of esters is 1. The lowest BCUT2D eigenvalue weighted by Crippen LogP contribution is -2.36. The van der Waals surface area contributed by atoms with Crippen molar-refractivity contribution < 1.29 is 24.2 Å². The Morgan fingerprint density at radius 3 is 2.69 bits per heavy atom. The highest BCUT2D eigenvalue weighted by atomic mass is 16.5. The molecule has 7 nitrogen and oxygen atoms in total. The van der Waals surface area contributed by atoms with Gasteiger partial charge in [-0.2, -0.15) is 0 Å². The molecule has 0 atom stereocenters. The molecule has 0 aliphatic carbocycles. The van der Waals surface area contributed by atoms with Crippen LogP contribution in [0.15, 0.2) is 36.5 Å². The van der Waals surface area contributed by atoms with Crippen LogP contribution in [0.25, 0.3) is 0 Å². The fourth-order valence-corrected chi connectivity index (χ4v) is 0.810. The molecule has 0 saturated heterocycles. The van der Waals surface area contributed by atoms with Crippen molar-refractivity contribution in [1.29, 1.82) is 0 Å². The van der Waals surface area contributed by atoms with Crippen LogP contribution >= 0.6 is 0 Å². The van der Waals surface area contributed by atoms with Crippen LogP contribution in [0.4, 0.5) is 0 Å². The summed E-state index contributed by atoms with van der Waals surface area (Å²) in [7, 11) is 0. The first kappa shape index (κ1) is 11.5. The van der Waals surface area contributed by atoms with E-state index in [4.69, 9.17) is 5.11 Å². The molecule has 16 heavy (non-hydrogen) atoms. The third-order valence-corrected chi connectivity index (χ3v) is 1.44. The van der Waals surface area contributed by atoms with Crippen LogP contribution in [-0.4, -0.2) is 23.0 Å². The van der Waals surface area contributed by atoms with Gasteiger partial charge in [0.1, 0.15) is 5.82 Å². The summed E-state index contributed by atoms with van der Waals surface area (Å²) in [6, 6.07) is 0. The van der Waals surface area contributed by atoms with Crippen molar-refractivity contribution in [2.24, 2.45) is 0 Å². The zero-order valence-electron chi connectivity index (χ0n) is 8.02. The monoisotopic (exact) mass is 224 g/mol. The highest BCUT2D eigenvalue weighted by Gasteiger charge is 2.18. The van der Waals surface area contributed by atoms with Gasteiger partial charge in [-0.15, -0.1) is 0 Å². The van der Waals surface area contributed by atoms with Gasteiger partial charge >= 0.3 is 11.9 Å². The van der Waals surface area contributed by atoms with Gasteiger partial charge in [0.05, 0.1) is 6.20 Å². The van der Waals surface area contributed by atoms with E-state index in [0.29, 0.717) is 12.2 Å². The SMILES string of the molecule is C=C1NC=C(OC(=O)/C=C/C(=O)O)C(=O)N1. The molecule has 7 heteroatoms. The van der Waals surface area contributed by atoms with Crippen molar-refractivity contribution in [1.82, 2.24) is 10.6 Å². The Morgan fingerprint density at radius 1 is 1.44 bits per heavy atom. The molecule has 1 aliphatic rings. The molecule has 0 bridgehead atoms. The summed E-state index contributed by atoms with van der Waals surface area (Å²) < 4.78 is 4.56. The minimum Gasteiger partial charge on any atom is -0.478 e. The minimum atomic E-state index is -1.29. The minimum absolute atomic E-state index is 0.255. The largest absolute Gasteiger partial charge is 0.478 e. The zero-order valence-corrected chi connectivity index (χ0v) is 8.02. The Hall–Kier alpha value is -2.57. The van der Waals surface area contributed by atoms with Crippen LogP contribution in [0.5, 0.6) is 0 Å². The van der Waals surface area contributed by atoms with E-state index < -0.39 is 17.8 Å². The summed E-state index contributed by atoms with van der Waals surface area (Å²) in [6.07, 6.45) is 2.45. The summed E-state index contributed by atoms with van der Waals surface area (Å²) >= 11 is 0. The van der Waals surface area contributed by atoms with E-state index in [1.165, 1.54) is 0 Å². The van der Waals surface area contributed by atoms with Gasteiger partial charge in [0.2, 0.25) is 5.76 Å². The molecule has 0 aromatic rings. The molecule has 1 rings (SSSR count). The molecular formula is C9H8N2O5. The highest BCUT2D eigenvalue weighted by Crippen LogP contribution is 2.03. The number of rotatable bonds is 3. The maximum atomic E-state index is 11.2. The molecule has 0 aromatic heterocycles. The fourth-order valence-electron chi connectivity index (χ4n) is 0.810. The van der Waals surface area contributed by atoms with Crippen LogP contribution in [0.1, 0.15) is 0 Å². The lowest BCUT2D eigenvalue weighted by molar-refractivity contribution is -0.138. The molecular weight excluding hydrogens is 216 g/mol. The van der Waals surface area contributed by atoms with Crippen molar-refractivity contribution in [3.05, 3.63) is 36.5 Å². The summed E-state index contributed by atoms with van der Waals surface area (Å²) in [6.45, 7) is 3.42. The summed E-state index contributed by atoms with van der Waals surface area (Å²) in [5.74, 6) is -2.90. The number of amides is 1. The first-order valence-corrected chi connectivity index (χ1v) is 4.09. The van der Waals surface area contributed by atoms with E-state index in [1.807, 2.05) is 0 Å². The van der Waals surface area contributed by atoms with Gasteiger partial charge in [-0.25, -0.2) is 9.59 Å². The molecule has 0 spiro atoms. The average molecular weight is 224 g/mol. The second-order valence-electron chi connectivity index (χ2n) is 2.68. The van der Waals surface area contributed by atoms with Crippen LogP contribution in [0, 0.1) is 0 Å². The number of ether oxygens (including phenoxy) is 1. The Balaban J connectivity index is 2.61. The van der Waals surface area contributed by atoms with Gasteiger partial charge in [-0.1, -0.05) is 6.58 Å². The lowest BCUT2D eigenvalue weighted by atomic mass is 10.4. The number of nitrogens with one attached hydrogen (secondary N) is 2. The zero-order chi connectivity index (χ0) is 12.1. The van der Waals surface area contributed by atoms with Crippen LogP contribution in [-0.2, 0) is 19.1 Å². The Morgan fingerprint density at radius 2 is 2.12 bits per heavy atom. The Kier molecular flexibility index (Phi) is 3.44. The fraction of sp³-hybridized carbons (Fsp3) is 0. The predicted molar refractivity (Wildman–Crippen MR) is 51.4 cm³/mol. The van der Waals surface area contributed by atoms with Crippen LogP contribution < -0.4 is 10.6 Å². The maximum absolute atomic E-state index is 11.2. The molecule has 0 unspecified atom stereocenters. The molecule has 84 valence electrons. The topological polar surface area (TPSA) is 105 Å². The van der Waals surface area contributed by atoms with E-state index in [0.717, 1.165) is 6.20 Å². The molecule has 1 heterocycles. The number of hydrogen-bond acceptors (Lipinski definition) is 5. The van der Waals surface area contributed by atoms with Gasteiger partial charge in [-0.3, -0.25) is 4.79 Å².